The van der Waals surface area contributed by atoms with Crippen LogP contribution in [0.1, 0.15) is 29.7 Å². The van der Waals surface area contributed by atoms with Gasteiger partial charge in [0.25, 0.3) is 10.0 Å². The van der Waals surface area contributed by atoms with Gasteiger partial charge in [0.2, 0.25) is 0 Å². The van der Waals surface area contributed by atoms with Crippen molar-refractivity contribution in [3.63, 3.8) is 0 Å². The molecular weight excluding hydrogens is 280 g/mol. The molecule has 1 aliphatic carbocycles. The average Bonchev–Trinajstić information content (AvgIpc) is 3.05. The molecule has 1 saturated heterocycles. The van der Waals surface area contributed by atoms with Gasteiger partial charge in [0.05, 0.1) is 0 Å². The molecule has 1 aromatic heterocycles. The predicted octanol–water partition coefficient (Wildman–Crippen LogP) is 1.95. The molecule has 3 rings (SSSR count). The Morgan fingerprint density at radius 3 is 2.84 bits per heavy atom. The second-order valence-corrected chi connectivity index (χ2v) is 8.86. The Hall–Kier alpha value is -0.430. The number of hydrogen-bond donors (Lipinski definition) is 1. The van der Waals surface area contributed by atoms with Gasteiger partial charge in [-0.15, -0.1) is 11.3 Å². The van der Waals surface area contributed by atoms with E-state index in [4.69, 9.17) is 0 Å². The summed E-state index contributed by atoms with van der Waals surface area (Å²) in [4.78, 5) is 1.12. The minimum atomic E-state index is -3.27. The minimum Gasteiger partial charge on any atom is -0.315 e. The molecule has 0 amide bonds. The molecule has 2 bridgehead atoms. The van der Waals surface area contributed by atoms with Crippen molar-refractivity contribution >= 4 is 21.4 Å². The predicted molar refractivity (Wildman–Crippen MR) is 76.8 cm³/mol. The minimum absolute atomic E-state index is 0.255. The maximum absolute atomic E-state index is 12.7. The highest BCUT2D eigenvalue weighted by Gasteiger charge is 2.44. The van der Waals surface area contributed by atoms with E-state index in [1.807, 2.05) is 20.0 Å². The molecule has 0 aromatic carbocycles. The summed E-state index contributed by atoms with van der Waals surface area (Å²) in [6.07, 6.45) is 3.30. The molecule has 0 spiro atoms. The molecule has 1 N–H and O–H groups in total. The van der Waals surface area contributed by atoms with Crippen molar-refractivity contribution in [2.45, 2.75) is 43.0 Å². The van der Waals surface area contributed by atoms with E-state index in [0.29, 0.717) is 10.1 Å². The molecule has 1 aliphatic heterocycles. The Kier molecular flexibility index (Phi) is 3.45. The van der Waals surface area contributed by atoms with Gasteiger partial charge in [-0.05, 0) is 50.8 Å². The number of nitrogens with zero attached hydrogens (tertiary/aromatic N) is 1. The topological polar surface area (TPSA) is 49.4 Å². The van der Waals surface area contributed by atoms with E-state index in [0.717, 1.165) is 36.4 Å². The zero-order valence-electron chi connectivity index (χ0n) is 11.3. The molecule has 2 heterocycles. The molecule has 2 aliphatic rings. The van der Waals surface area contributed by atoms with Crippen LogP contribution in [0.2, 0.25) is 0 Å². The fraction of sp³-hybridized carbons (Fsp3) is 0.692. The number of nitrogens with one attached hydrogen (secondary N) is 1. The van der Waals surface area contributed by atoms with E-state index in [2.05, 4.69) is 5.32 Å². The Labute approximate surface area is 118 Å². The Morgan fingerprint density at radius 1 is 1.47 bits per heavy atom. The van der Waals surface area contributed by atoms with Crippen LogP contribution >= 0.6 is 11.3 Å². The Bertz CT molecular complexity index is 579. The standard InChI is InChI=1S/C13H20N2O2S2/c1-9-5-13(18-12(9)7-14-2)19(16,17)15-8-10-3-4-11(15)6-10/h5,10-11,14H,3-4,6-8H2,1-2H3. The van der Waals surface area contributed by atoms with Crippen LogP contribution < -0.4 is 5.32 Å². The highest BCUT2D eigenvalue weighted by atomic mass is 32.2. The lowest BCUT2D eigenvalue weighted by atomic mass is 10.1. The normalized spacial score (nSPS) is 27.3. The monoisotopic (exact) mass is 300 g/mol. The molecule has 1 aromatic rings. The highest BCUT2D eigenvalue weighted by molar-refractivity contribution is 7.91. The molecule has 19 heavy (non-hydrogen) atoms. The second kappa shape index (κ2) is 4.84. The summed E-state index contributed by atoms with van der Waals surface area (Å²) < 4.78 is 27.7. The molecule has 6 heteroatoms. The number of aryl methyl sites for hydroxylation is 1. The Balaban J connectivity index is 1.90. The molecule has 4 nitrogen and oxygen atoms in total. The van der Waals surface area contributed by atoms with Crippen molar-refractivity contribution in [2.24, 2.45) is 5.92 Å². The maximum Gasteiger partial charge on any atom is 0.252 e. The first-order chi connectivity index (χ1) is 9.02. The summed E-state index contributed by atoms with van der Waals surface area (Å²) in [5.41, 5.74) is 1.07. The van der Waals surface area contributed by atoms with Gasteiger partial charge in [0.1, 0.15) is 4.21 Å². The fourth-order valence-corrected chi connectivity index (χ4v) is 6.71. The number of fused-ring (bicyclic) bond motifs is 2. The van der Waals surface area contributed by atoms with E-state index in [1.54, 1.807) is 4.31 Å². The molecule has 0 radical (unpaired) electrons. The van der Waals surface area contributed by atoms with Gasteiger partial charge < -0.3 is 5.32 Å². The molecule has 2 unspecified atom stereocenters. The van der Waals surface area contributed by atoms with Crippen molar-refractivity contribution in [2.75, 3.05) is 13.6 Å². The lowest BCUT2D eigenvalue weighted by Gasteiger charge is -2.25. The van der Waals surface area contributed by atoms with Crippen LogP contribution in [0.5, 0.6) is 0 Å². The van der Waals surface area contributed by atoms with Crippen LogP contribution in [0.15, 0.2) is 10.3 Å². The summed E-state index contributed by atoms with van der Waals surface area (Å²) in [5.74, 6) is 0.595. The zero-order valence-corrected chi connectivity index (χ0v) is 13.0. The molecule has 1 saturated carbocycles. The summed E-state index contributed by atoms with van der Waals surface area (Å²) in [7, 11) is -1.38. The van der Waals surface area contributed by atoms with Crippen LogP contribution in [0.25, 0.3) is 0 Å². The van der Waals surface area contributed by atoms with Crippen molar-refractivity contribution in [1.82, 2.24) is 9.62 Å². The second-order valence-electron chi connectivity index (χ2n) is 5.61. The summed E-state index contributed by atoms with van der Waals surface area (Å²) >= 11 is 1.41. The van der Waals surface area contributed by atoms with E-state index >= 15 is 0 Å². The molecule has 106 valence electrons. The lowest BCUT2D eigenvalue weighted by Crippen LogP contribution is -2.37. The summed E-state index contributed by atoms with van der Waals surface area (Å²) in [6.45, 7) is 3.45. The van der Waals surface area contributed by atoms with E-state index < -0.39 is 10.0 Å². The largest absolute Gasteiger partial charge is 0.315 e. The molecular formula is C13H20N2O2S2. The fourth-order valence-electron chi connectivity index (χ4n) is 3.24. The van der Waals surface area contributed by atoms with E-state index in [9.17, 15) is 8.42 Å². The van der Waals surface area contributed by atoms with Crippen LogP contribution in [-0.2, 0) is 16.6 Å². The van der Waals surface area contributed by atoms with E-state index in [1.165, 1.54) is 17.8 Å². The van der Waals surface area contributed by atoms with Crippen LogP contribution in [0.4, 0.5) is 0 Å². The third-order valence-corrected chi connectivity index (χ3v) is 7.86. The van der Waals surface area contributed by atoms with Gasteiger partial charge in [-0.25, -0.2) is 8.42 Å². The number of thiophene rings is 1. The SMILES string of the molecule is CNCc1sc(S(=O)(=O)N2CC3CCC2C3)cc1C. The van der Waals surface area contributed by atoms with E-state index in [-0.39, 0.29) is 6.04 Å². The summed E-state index contributed by atoms with van der Waals surface area (Å²) in [5, 5.41) is 3.09. The summed E-state index contributed by atoms with van der Waals surface area (Å²) in [6, 6.07) is 2.09. The zero-order chi connectivity index (χ0) is 13.6. The molecule has 2 fully saturated rings. The van der Waals surface area contributed by atoms with Crippen LogP contribution in [0, 0.1) is 12.8 Å². The first kappa shape index (κ1) is 13.5. The van der Waals surface area contributed by atoms with Gasteiger partial charge >= 0.3 is 0 Å². The van der Waals surface area contributed by atoms with Crippen molar-refractivity contribution in [3.8, 4) is 0 Å². The third-order valence-electron chi connectivity index (χ3n) is 4.26. The highest BCUT2D eigenvalue weighted by Crippen LogP contribution is 2.41. The lowest BCUT2D eigenvalue weighted by molar-refractivity contribution is 0.334. The molecule has 2 atom stereocenters. The van der Waals surface area contributed by atoms with Gasteiger partial charge in [-0.2, -0.15) is 4.31 Å². The van der Waals surface area contributed by atoms with Gasteiger partial charge in [-0.3, -0.25) is 0 Å². The van der Waals surface area contributed by atoms with Gasteiger partial charge in [-0.1, -0.05) is 0 Å². The van der Waals surface area contributed by atoms with Crippen molar-refractivity contribution in [1.29, 1.82) is 0 Å². The van der Waals surface area contributed by atoms with Gasteiger partial charge in [0, 0.05) is 24.0 Å². The number of piperidine rings is 1. The Morgan fingerprint density at radius 2 is 2.26 bits per heavy atom. The number of hydrogen-bond acceptors (Lipinski definition) is 4. The van der Waals surface area contributed by atoms with Crippen LogP contribution in [0.3, 0.4) is 0 Å². The van der Waals surface area contributed by atoms with Gasteiger partial charge in [0.15, 0.2) is 0 Å². The number of sulfonamides is 1. The average molecular weight is 300 g/mol. The third kappa shape index (κ3) is 2.24. The smallest absolute Gasteiger partial charge is 0.252 e. The van der Waals surface area contributed by atoms with Crippen molar-refractivity contribution in [3.05, 3.63) is 16.5 Å². The first-order valence-electron chi connectivity index (χ1n) is 6.78. The first-order valence-corrected chi connectivity index (χ1v) is 9.03. The van der Waals surface area contributed by atoms with Crippen LogP contribution in [-0.4, -0.2) is 32.4 Å². The maximum atomic E-state index is 12.7. The quantitative estimate of drug-likeness (QED) is 0.924. The number of rotatable bonds is 4. The van der Waals surface area contributed by atoms with Crippen molar-refractivity contribution < 1.29 is 8.42 Å².